The minimum Gasteiger partial charge on any atom is -0.508 e. The highest BCUT2D eigenvalue weighted by Gasteiger charge is 2.22. The first-order valence-corrected chi connectivity index (χ1v) is 5.24. The van der Waals surface area contributed by atoms with E-state index in [1.54, 1.807) is 6.07 Å². The molecule has 1 heterocycles. The number of hydrogen-bond acceptors (Lipinski definition) is 2. The molecule has 0 saturated carbocycles. The Balaban J connectivity index is 1.85. The lowest BCUT2D eigenvalue weighted by Gasteiger charge is -2.38. The minimum atomic E-state index is 0.379. The largest absolute Gasteiger partial charge is 0.508 e. The first-order valence-electron chi connectivity index (χ1n) is 5.24. The van der Waals surface area contributed by atoms with Crippen LogP contribution in [0, 0.1) is 0 Å². The highest BCUT2D eigenvalue weighted by atomic mass is 16.3. The maximum atomic E-state index is 9.29. The Morgan fingerprint density at radius 3 is 2.93 bits per heavy atom. The van der Waals surface area contributed by atoms with Crippen molar-refractivity contribution in [3.05, 3.63) is 29.8 Å². The number of benzene rings is 1. The van der Waals surface area contributed by atoms with Crippen LogP contribution in [-0.2, 0) is 6.42 Å². The quantitative estimate of drug-likeness (QED) is 0.790. The van der Waals surface area contributed by atoms with Crippen LogP contribution in [0.5, 0.6) is 5.75 Å². The SMILES string of the molecule is CN1CCC1CCc1cccc(O)c1. The highest BCUT2D eigenvalue weighted by Crippen LogP contribution is 2.21. The predicted molar refractivity (Wildman–Crippen MR) is 57.5 cm³/mol. The van der Waals surface area contributed by atoms with E-state index in [0.29, 0.717) is 5.75 Å². The Labute approximate surface area is 85.2 Å². The van der Waals surface area contributed by atoms with Crippen LogP contribution in [0.1, 0.15) is 18.4 Å². The molecule has 76 valence electrons. The molecule has 0 spiro atoms. The summed E-state index contributed by atoms with van der Waals surface area (Å²) in [6.07, 6.45) is 3.61. The molecule has 2 heteroatoms. The molecule has 2 nitrogen and oxygen atoms in total. The van der Waals surface area contributed by atoms with Crippen molar-refractivity contribution in [3.8, 4) is 5.75 Å². The van der Waals surface area contributed by atoms with Crippen molar-refractivity contribution in [2.75, 3.05) is 13.6 Å². The van der Waals surface area contributed by atoms with E-state index in [1.807, 2.05) is 12.1 Å². The molecule has 0 bridgehead atoms. The van der Waals surface area contributed by atoms with Gasteiger partial charge in [0, 0.05) is 6.04 Å². The molecular formula is C12H17NO. The lowest BCUT2D eigenvalue weighted by Crippen LogP contribution is -2.44. The summed E-state index contributed by atoms with van der Waals surface area (Å²) in [5, 5.41) is 9.29. The molecular weight excluding hydrogens is 174 g/mol. The normalized spacial score (nSPS) is 21.9. The summed E-state index contributed by atoms with van der Waals surface area (Å²) in [5.74, 6) is 0.379. The molecule has 1 aromatic carbocycles. The monoisotopic (exact) mass is 191 g/mol. The first kappa shape index (κ1) is 9.53. The van der Waals surface area contributed by atoms with E-state index < -0.39 is 0 Å². The van der Waals surface area contributed by atoms with Gasteiger partial charge in [-0.15, -0.1) is 0 Å². The van der Waals surface area contributed by atoms with Crippen LogP contribution in [0.3, 0.4) is 0 Å². The summed E-state index contributed by atoms with van der Waals surface area (Å²) < 4.78 is 0. The van der Waals surface area contributed by atoms with E-state index >= 15 is 0 Å². The Kier molecular flexibility index (Phi) is 2.73. The summed E-state index contributed by atoms with van der Waals surface area (Å²) in [6, 6.07) is 8.34. The molecule has 1 aliphatic rings. The second-order valence-corrected chi connectivity index (χ2v) is 4.13. The van der Waals surface area contributed by atoms with Gasteiger partial charge in [0.25, 0.3) is 0 Å². The zero-order valence-electron chi connectivity index (χ0n) is 8.61. The van der Waals surface area contributed by atoms with Crippen molar-refractivity contribution in [2.24, 2.45) is 0 Å². The van der Waals surface area contributed by atoms with Crippen LogP contribution in [0.2, 0.25) is 0 Å². The lowest BCUT2D eigenvalue weighted by atomic mass is 9.96. The van der Waals surface area contributed by atoms with Gasteiger partial charge >= 0.3 is 0 Å². The molecule has 1 N–H and O–H groups in total. The number of phenols is 1. The van der Waals surface area contributed by atoms with Crippen LogP contribution < -0.4 is 0 Å². The fraction of sp³-hybridized carbons (Fsp3) is 0.500. The average molecular weight is 191 g/mol. The molecule has 14 heavy (non-hydrogen) atoms. The van der Waals surface area contributed by atoms with E-state index in [-0.39, 0.29) is 0 Å². The van der Waals surface area contributed by atoms with Gasteiger partial charge in [-0.3, -0.25) is 0 Å². The van der Waals surface area contributed by atoms with Crippen molar-refractivity contribution >= 4 is 0 Å². The minimum absolute atomic E-state index is 0.379. The molecule has 1 fully saturated rings. The van der Waals surface area contributed by atoms with Crippen LogP contribution >= 0.6 is 0 Å². The maximum Gasteiger partial charge on any atom is 0.115 e. The van der Waals surface area contributed by atoms with Gasteiger partial charge in [-0.25, -0.2) is 0 Å². The Morgan fingerprint density at radius 2 is 2.36 bits per heavy atom. The van der Waals surface area contributed by atoms with Gasteiger partial charge in [0.05, 0.1) is 0 Å². The zero-order valence-corrected chi connectivity index (χ0v) is 8.61. The van der Waals surface area contributed by atoms with Crippen molar-refractivity contribution in [1.82, 2.24) is 4.90 Å². The second kappa shape index (κ2) is 4.01. The number of phenolic OH excluding ortho intramolecular Hbond substituents is 1. The molecule has 1 atom stereocenters. The first-order chi connectivity index (χ1) is 6.75. The zero-order chi connectivity index (χ0) is 9.97. The van der Waals surface area contributed by atoms with Crippen LogP contribution in [0.15, 0.2) is 24.3 Å². The summed E-state index contributed by atoms with van der Waals surface area (Å²) in [6.45, 7) is 1.24. The third kappa shape index (κ3) is 2.07. The van der Waals surface area contributed by atoms with Crippen molar-refractivity contribution in [2.45, 2.75) is 25.3 Å². The van der Waals surface area contributed by atoms with Gasteiger partial charge in [0.1, 0.15) is 5.75 Å². The predicted octanol–water partition coefficient (Wildman–Crippen LogP) is 2.03. The van der Waals surface area contributed by atoms with Gasteiger partial charge in [-0.2, -0.15) is 0 Å². The van der Waals surface area contributed by atoms with E-state index in [4.69, 9.17) is 0 Å². The number of rotatable bonds is 3. The van der Waals surface area contributed by atoms with Gasteiger partial charge in [0.2, 0.25) is 0 Å². The number of aromatic hydroxyl groups is 1. The molecule has 0 radical (unpaired) electrons. The molecule has 0 amide bonds. The van der Waals surface area contributed by atoms with Gasteiger partial charge in [-0.1, -0.05) is 12.1 Å². The van der Waals surface area contributed by atoms with Gasteiger partial charge < -0.3 is 10.0 Å². The summed E-state index contributed by atoms with van der Waals surface area (Å²) >= 11 is 0. The standard InChI is InChI=1S/C12H17NO/c1-13-8-7-11(13)6-5-10-3-2-4-12(14)9-10/h2-4,9,11,14H,5-8H2,1H3. The number of aryl methyl sites for hydroxylation is 1. The van der Waals surface area contributed by atoms with Crippen LogP contribution in [0.25, 0.3) is 0 Å². The molecule has 1 aromatic rings. The maximum absolute atomic E-state index is 9.29. The topological polar surface area (TPSA) is 23.5 Å². The number of hydrogen-bond donors (Lipinski definition) is 1. The van der Waals surface area contributed by atoms with E-state index in [9.17, 15) is 5.11 Å². The van der Waals surface area contributed by atoms with Gasteiger partial charge in [-0.05, 0) is 50.6 Å². The Morgan fingerprint density at radius 1 is 1.50 bits per heavy atom. The van der Waals surface area contributed by atoms with Crippen molar-refractivity contribution in [3.63, 3.8) is 0 Å². The summed E-state index contributed by atoms with van der Waals surface area (Å²) in [5.41, 5.74) is 1.24. The third-order valence-electron chi connectivity index (χ3n) is 3.12. The van der Waals surface area contributed by atoms with Crippen molar-refractivity contribution in [1.29, 1.82) is 0 Å². The summed E-state index contributed by atoms with van der Waals surface area (Å²) in [4.78, 5) is 2.39. The fourth-order valence-corrected chi connectivity index (χ4v) is 1.98. The molecule has 0 aromatic heterocycles. The molecule has 1 unspecified atom stereocenters. The Bertz CT molecular complexity index is 311. The summed E-state index contributed by atoms with van der Waals surface area (Å²) in [7, 11) is 2.18. The van der Waals surface area contributed by atoms with E-state index in [1.165, 1.54) is 24.9 Å². The number of nitrogens with zero attached hydrogens (tertiary/aromatic N) is 1. The molecule has 1 saturated heterocycles. The third-order valence-corrected chi connectivity index (χ3v) is 3.12. The fourth-order valence-electron chi connectivity index (χ4n) is 1.98. The molecule has 1 aliphatic heterocycles. The van der Waals surface area contributed by atoms with E-state index in [2.05, 4.69) is 18.0 Å². The highest BCUT2D eigenvalue weighted by molar-refractivity contribution is 5.27. The average Bonchev–Trinajstić information content (AvgIpc) is 2.16. The van der Waals surface area contributed by atoms with Crippen LogP contribution in [-0.4, -0.2) is 29.6 Å². The van der Waals surface area contributed by atoms with Crippen molar-refractivity contribution < 1.29 is 5.11 Å². The second-order valence-electron chi connectivity index (χ2n) is 4.13. The number of likely N-dealkylation sites (tertiary alicyclic amines) is 1. The smallest absolute Gasteiger partial charge is 0.115 e. The molecule has 2 rings (SSSR count). The molecule has 0 aliphatic carbocycles. The Hall–Kier alpha value is -1.02. The van der Waals surface area contributed by atoms with Crippen LogP contribution in [0.4, 0.5) is 0 Å². The lowest BCUT2D eigenvalue weighted by molar-refractivity contribution is 0.119. The van der Waals surface area contributed by atoms with Gasteiger partial charge in [0.15, 0.2) is 0 Å². The van der Waals surface area contributed by atoms with E-state index in [0.717, 1.165) is 12.5 Å².